The molecule has 0 spiro atoms. The van der Waals surface area contributed by atoms with E-state index in [9.17, 15) is 18.0 Å². The Balaban J connectivity index is 2.42. The van der Waals surface area contributed by atoms with Gasteiger partial charge in [0.25, 0.3) is 0 Å². The fourth-order valence-electron chi connectivity index (χ4n) is 3.91. The Bertz CT molecular complexity index is 1040. The first-order chi connectivity index (χ1) is 15.4. The highest BCUT2D eigenvalue weighted by Crippen LogP contribution is 2.46. The van der Waals surface area contributed by atoms with E-state index in [0.29, 0.717) is 24.3 Å². The van der Waals surface area contributed by atoms with E-state index in [4.69, 9.17) is 26.8 Å². The lowest BCUT2D eigenvalue weighted by molar-refractivity contribution is -0.166. The lowest BCUT2D eigenvalue weighted by Crippen LogP contribution is -2.31. The second kappa shape index (κ2) is 9.29. The number of halogens is 3. The minimum Gasteiger partial charge on any atom is -0.497 e. The summed E-state index contributed by atoms with van der Waals surface area (Å²) < 4.78 is 64.6. The number of benzene rings is 2. The van der Waals surface area contributed by atoms with Crippen molar-refractivity contribution in [2.24, 2.45) is 0 Å². The molecule has 0 aromatic heterocycles. The molecule has 0 fully saturated rings. The number of esters is 1. The predicted molar refractivity (Wildman–Crippen MR) is 118 cm³/mol. The van der Waals surface area contributed by atoms with Gasteiger partial charge in [-0.05, 0) is 56.9 Å². The Morgan fingerprint density at radius 2 is 1.85 bits per heavy atom. The lowest BCUT2D eigenvalue weighted by Gasteiger charge is -2.31. The fourth-order valence-corrected chi connectivity index (χ4v) is 3.91. The van der Waals surface area contributed by atoms with Crippen molar-refractivity contribution in [3.05, 3.63) is 41.0 Å². The second-order valence-corrected chi connectivity index (χ2v) is 8.74. The number of ether oxygens (including phenoxy) is 4. The van der Waals surface area contributed by atoms with Crippen LogP contribution in [0.2, 0.25) is 0 Å². The number of fused-ring (bicyclic) bond motifs is 1. The number of rotatable bonds is 5. The molecule has 0 N–H and O–H groups in total. The zero-order valence-corrected chi connectivity index (χ0v) is 19.3. The molecule has 3 rings (SSSR count). The van der Waals surface area contributed by atoms with Gasteiger partial charge in [-0.1, -0.05) is 17.6 Å². The Morgan fingerprint density at radius 1 is 1.15 bits per heavy atom. The van der Waals surface area contributed by atoms with E-state index in [2.05, 4.69) is 0 Å². The number of hydrogen-bond donors (Lipinski definition) is 0. The number of alkyl halides is 3. The van der Waals surface area contributed by atoms with Crippen LogP contribution < -0.4 is 14.9 Å². The van der Waals surface area contributed by atoms with Crippen LogP contribution in [0.15, 0.2) is 24.3 Å². The lowest BCUT2D eigenvalue weighted by atomic mass is 9.82. The minimum atomic E-state index is -4.82. The van der Waals surface area contributed by atoms with Gasteiger partial charge in [0, 0.05) is 11.1 Å². The quantitative estimate of drug-likeness (QED) is 0.483. The number of methoxy groups -OCH3 is 2. The Hall–Kier alpha value is -2.68. The Kier molecular flexibility index (Phi) is 7.03. The Labute approximate surface area is 192 Å². The molecule has 176 valence electrons. The summed E-state index contributed by atoms with van der Waals surface area (Å²) >= 11 is 0. The molecule has 1 atom stereocenters. The first-order valence-electron chi connectivity index (χ1n) is 10.5. The molecule has 2 aromatic carbocycles. The molecule has 0 amide bonds. The van der Waals surface area contributed by atoms with Crippen LogP contribution in [-0.2, 0) is 26.9 Å². The van der Waals surface area contributed by atoms with Crippen molar-refractivity contribution in [2.75, 3.05) is 20.8 Å². The third kappa shape index (κ3) is 5.29. The number of hydrogen-bond acceptors (Lipinski definition) is 5. The zero-order chi connectivity index (χ0) is 24.6. The van der Waals surface area contributed by atoms with Gasteiger partial charge in [-0.2, -0.15) is 13.2 Å². The molecule has 1 unspecified atom stereocenters. The van der Waals surface area contributed by atoms with E-state index in [1.54, 1.807) is 39.0 Å². The molecule has 0 aliphatic carbocycles. The average Bonchev–Trinajstić information content (AvgIpc) is 2.74. The van der Waals surface area contributed by atoms with Crippen LogP contribution in [0.5, 0.6) is 11.5 Å². The van der Waals surface area contributed by atoms with Crippen LogP contribution >= 0.6 is 0 Å². The van der Waals surface area contributed by atoms with Crippen LogP contribution in [-0.4, -0.2) is 40.2 Å². The van der Waals surface area contributed by atoms with Gasteiger partial charge in [0.15, 0.2) is 6.10 Å². The number of carbonyl (C=O) groups is 1. The van der Waals surface area contributed by atoms with Crippen molar-refractivity contribution < 1.29 is 36.9 Å². The van der Waals surface area contributed by atoms with Gasteiger partial charge < -0.3 is 18.9 Å². The highest BCUT2D eigenvalue weighted by Gasteiger charge is 2.42. The molecule has 2 radical (unpaired) electrons. The van der Waals surface area contributed by atoms with Gasteiger partial charge in [0.2, 0.25) is 0 Å². The monoisotopic (exact) mass is 462 g/mol. The number of aryl methyl sites for hydroxylation is 1. The normalized spacial score (nSPS) is 14.8. The molecule has 0 saturated carbocycles. The summed E-state index contributed by atoms with van der Waals surface area (Å²) in [5, 5.41) is 0. The molecule has 9 heteroatoms. The van der Waals surface area contributed by atoms with E-state index in [-0.39, 0.29) is 16.8 Å². The van der Waals surface area contributed by atoms with Crippen LogP contribution in [0.3, 0.4) is 0 Å². The van der Waals surface area contributed by atoms with Crippen molar-refractivity contribution in [2.45, 2.75) is 51.5 Å². The van der Waals surface area contributed by atoms with Gasteiger partial charge in [-0.15, -0.1) is 0 Å². The van der Waals surface area contributed by atoms with Gasteiger partial charge in [-0.3, -0.25) is 0 Å². The van der Waals surface area contributed by atoms with Crippen molar-refractivity contribution in [1.82, 2.24) is 0 Å². The number of carbonyl (C=O) groups excluding carboxylic acids is 1. The summed E-state index contributed by atoms with van der Waals surface area (Å²) in [5.74, 6) is -0.285. The van der Waals surface area contributed by atoms with Crippen molar-refractivity contribution in [3.63, 3.8) is 0 Å². The molecule has 5 nitrogen and oxygen atoms in total. The van der Waals surface area contributed by atoms with E-state index >= 15 is 0 Å². The van der Waals surface area contributed by atoms with Gasteiger partial charge in [0.1, 0.15) is 19.3 Å². The van der Waals surface area contributed by atoms with Crippen LogP contribution in [0.1, 0.15) is 50.0 Å². The minimum absolute atomic E-state index is 0.0149. The molecule has 1 aliphatic rings. The molecule has 0 saturated heterocycles. The maximum absolute atomic E-state index is 14.3. The average molecular weight is 462 g/mol. The Morgan fingerprint density at radius 3 is 2.42 bits per heavy atom. The summed E-state index contributed by atoms with van der Waals surface area (Å²) in [6.45, 7) is 5.49. The van der Waals surface area contributed by atoms with Gasteiger partial charge in [-0.25, -0.2) is 4.79 Å². The maximum atomic E-state index is 14.3. The smallest absolute Gasteiger partial charge is 0.416 e. The summed E-state index contributed by atoms with van der Waals surface area (Å²) in [5.41, 5.74) is -1.41. The molecule has 33 heavy (non-hydrogen) atoms. The third-order valence-corrected chi connectivity index (χ3v) is 5.20. The maximum Gasteiger partial charge on any atom is 0.416 e. The molecular weight excluding hydrogens is 436 g/mol. The summed E-state index contributed by atoms with van der Waals surface area (Å²) in [6, 6.07) is 5.82. The molecular formula is C24H26BF3O5. The van der Waals surface area contributed by atoms with Crippen LogP contribution in [0, 0.1) is 0 Å². The summed E-state index contributed by atoms with van der Waals surface area (Å²) in [7, 11) is 8.41. The standard InChI is InChI=1S/C24H26BF3O5/c1-23(2,3)33-21(22(29)31-5)19-15(24(26,27)28)12-16(25)20(30-4)18(19)14-8-9-17-13(11-14)7-6-10-32-17/h8-9,11-12,21H,6-7,10H2,1-5H3. The molecule has 1 heterocycles. The van der Waals surface area contributed by atoms with Crippen molar-refractivity contribution >= 4 is 19.3 Å². The largest absolute Gasteiger partial charge is 0.497 e. The van der Waals surface area contributed by atoms with Crippen molar-refractivity contribution in [3.8, 4) is 22.6 Å². The molecule has 2 aromatic rings. The van der Waals surface area contributed by atoms with Gasteiger partial charge >= 0.3 is 12.1 Å². The highest BCUT2D eigenvalue weighted by molar-refractivity contribution is 6.35. The SMILES string of the molecule is [B]c1cc(C(F)(F)F)c(C(OC(C)(C)C)C(=O)OC)c(-c2ccc3c(c2)CCCO3)c1OC. The third-order valence-electron chi connectivity index (χ3n) is 5.20. The van der Waals surface area contributed by atoms with Crippen LogP contribution in [0.4, 0.5) is 13.2 Å². The van der Waals surface area contributed by atoms with E-state index in [1.807, 2.05) is 0 Å². The fraction of sp³-hybridized carbons (Fsp3) is 0.458. The molecule has 0 bridgehead atoms. The van der Waals surface area contributed by atoms with Crippen LogP contribution in [0.25, 0.3) is 11.1 Å². The first-order valence-corrected chi connectivity index (χ1v) is 10.5. The van der Waals surface area contributed by atoms with Gasteiger partial charge in [0.05, 0.1) is 32.0 Å². The molecule has 1 aliphatic heterocycles. The first kappa shape index (κ1) is 25.0. The zero-order valence-electron chi connectivity index (χ0n) is 19.3. The summed E-state index contributed by atoms with van der Waals surface area (Å²) in [6.07, 6.45) is -5.02. The van der Waals surface area contributed by atoms with E-state index in [0.717, 1.165) is 25.2 Å². The predicted octanol–water partition coefficient (Wildman–Crippen LogP) is 4.53. The highest BCUT2D eigenvalue weighted by atomic mass is 19.4. The van der Waals surface area contributed by atoms with E-state index < -0.39 is 35.0 Å². The van der Waals surface area contributed by atoms with E-state index in [1.165, 1.54) is 7.11 Å². The summed E-state index contributed by atoms with van der Waals surface area (Å²) in [4.78, 5) is 12.8. The van der Waals surface area contributed by atoms with Crippen molar-refractivity contribution in [1.29, 1.82) is 0 Å². The second-order valence-electron chi connectivity index (χ2n) is 8.74. The topological polar surface area (TPSA) is 54.0 Å².